The molecule has 5 heteroatoms. The Bertz CT molecular complexity index is 401. The van der Waals surface area contributed by atoms with Crippen molar-refractivity contribution in [2.75, 3.05) is 0 Å². The Kier molecular flexibility index (Phi) is 4.69. The van der Waals surface area contributed by atoms with Gasteiger partial charge in [0, 0.05) is 12.8 Å². The predicted molar refractivity (Wildman–Crippen MR) is 72.6 cm³/mol. The van der Waals surface area contributed by atoms with Crippen molar-refractivity contribution < 1.29 is 4.79 Å². The summed E-state index contributed by atoms with van der Waals surface area (Å²) in [4.78, 5) is 11.3. The summed E-state index contributed by atoms with van der Waals surface area (Å²) >= 11 is 1.67. The standard InChI is InChI=1S/C13H21N3OS/c1-3-4-5-6-11(14-9(2)17)13-16-15-12(18-13)10-7-8-10/h10-11H,3-8H2,1-2H3,(H,14,17). The van der Waals surface area contributed by atoms with Crippen molar-refractivity contribution in [2.45, 2.75) is 64.3 Å². The zero-order valence-electron chi connectivity index (χ0n) is 11.1. The fourth-order valence-corrected chi connectivity index (χ4v) is 3.08. The molecule has 0 radical (unpaired) electrons. The lowest BCUT2D eigenvalue weighted by molar-refractivity contribution is -0.119. The zero-order chi connectivity index (χ0) is 13.0. The van der Waals surface area contributed by atoms with Crippen LogP contribution in [0.25, 0.3) is 0 Å². The summed E-state index contributed by atoms with van der Waals surface area (Å²) in [7, 11) is 0. The van der Waals surface area contributed by atoms with Gasteiger partial charge < -0.3 is 5.32 Å². The van der Waals surface area contributed by atoms with Crippen LogP contribution in [0.1, 0.15) is 74.3 Å². The predicted octanol–water partition coefficient (Wildman–Crippen LogP) is 3.17. The lowest BCUT2D eigenvalue weighted by Gasteiger charge is -2.14. The molecule has 0 aromatic carbocycles. The van der Waals surface area contributed by atoms with Gasteiger partial charge in [-0.2, -0.15) is 0 Å². The van der Waals surface area contributed by atoms with E-state index in [1.165, 1.54) is 25.7 Å². The molecule has 18 heavy (non-hydrogen) atoms. The first kappa shape index (κ1) is 13.5. The summed E-state index contributed by atoms with van der Waals surface area (Å²) in [6.45, 7) is 3.75. The first-order chi connectivity index (χ1) is 8.70. The summed E-state index contributed by atoms with van der Waals surface area (Å²) in [5, 5.41) is 13.6. The van der Waals surface area contributed by atoms with E-state index in [4.69, 9.17) is 0 Å². The molecule has 1 aliphatic rings. The fourth-order valence-electron chi connectivity index (χ4n) is 1.98. The number of unbranched alkanes of at least 4 members (excludes halogenated alkanes) is 2. The first-order valence-electron chi connectivity index (χ1n) is 6.81. The molecule has 100 valence electrons. The molecule has 1 fully saturated rings. The van der Waals surface area contributed by atoms with Crippen LogP contribution in [0.5, 0.6) is 0 Å². The van der Waals surface area contributed by atoms with Gasteiger partial charge >= 0.3 is 0 Å². The molecular formula is C13H21N3OS. The second-order valence-electron chi connectivity index (χ2n) is 5.00. The van der Waals surface area contributed by atoms with Gasteiger partial charge in [0.1, 0.15) is 10.0 Å². The van der Waals surface area contributed by atoms with Crippen LogP contribution < -0.4 is 5.32 Å². The highest BCUT2D eigenvalue weighted by atomic mass is 32.1. The second kappa shape index (κ2) is 6.27. The molecule has 1 unspecified atom stereocenters. The highest BCUT2D eigenvalue weighted by molar-refractivity contribution is 7.11. The van der Waals surface area contributed by atoms with Crippen molar-refractivity contribution >= 4 is 17.2 Å². The monoisotopic (exact) mass is 267 g/mol. The Hall–Kier alpha value is -0.970. The van der Waals surface area contributed by atoms with Gasteiger partial charge in [0.15, 0.2) is 0 Å². The number of nitrogens with one attached hydrogen (secondary N) is 1. The van der Waals surface area contributed by atoms with E-state index in [1.807, 2.05) is 0 Å². The first-order valence-corrected chi connectivity index (χ1v) is 7.62. The summed E-state index contributed by atoms with van der Waals surface area (Å²) in [6, 6.07) is 0.0547. The third-order valence-electron chi connectivity index (χ3n) is 3.15. The van der Waals surface area contributed by atoms with Gasteiger partial charge in [-0.05, 0) is 19.3 Å². The number of amides is 1. The molecule has 1 N–H and O–H groups in total. The van der Waals surface area contributed by atoms with E-state index in [2.05, 4.69) is 22.4 Å². The van der Waals surface area contributed by atoms with Crippen LogP contribution in [0.4, 0.5) is 0 Å². The third kappa shape index (κ3) is 3.77. The maximum atomic E-state index is 11.3. The third-order valence-corrected chi connectivity index (χ3v) is 4.35. The van der Waals surface area contributed by atoms with Crippen LogP contribution in [-0.2, 0) is 4.79 Å². The molecule has 1 amide bonds. The van der Waals surface area contributed by atoms with Gasteiger partial charge in [0.05, 0.1) is 6.04 Å². The Morgan fingerprint density at radius 2 is 2.22 bits per heavy atom. The number of nitrogens with zero attached hydrogens (tertiary/aromatic N) is 2. The highest BCUT2D eigenvalue weighted by Crippen LogP contribution is 2.42. The molecule has 0 spiro atoms. The van der Waals surface area contributed by atoms with Gasteiger partial charge in [-0.25, -0.2) is 0 Å². The number of aromatic nitrogens is 2. The van der Waals surface area contributed by atoms with Crippen LogP contribution >= 0.6 is 11.3 Å². The molecule has 1 aromatic heterocycles. The molecule has 2 rings (SSSR count). The number of carbonyl (C=O) groups excluding carboxylic acids is 1. The van der Waals surface area contributed by atoms with E-state index >= 15 is 0 Å². The van der Waals surface area contributed by atoms with Gasteiger partial charge in [-0.15, -0.1) is 10.2 Å². The minimum absolute atomic E-state index is 0.0136. The van der Waals surface area contributed by atoms with Gasteiger partial charge in [0.2, 0.25) is 5.91 Å². The quantitative estimate of drug-likeness (QED) is 0.772. The summed E-state index contributed by atoms with van der Waals surface area (Å²) < 4.78 is 0. The molecule has 1 heterocycles. The van der Waals surface area contributed by atoms with E-state index < -0.39 is 0 Å². The maximum Gasteiger partial charge on any atom is 0.217 e. The van der Waals surface area contributed by atoms with Crippen molar-refractivity contribution in [2.24, 2.45) is 0 Å². The molecule has 4 nitrogen and oxygen atoms in total. The van der Waals surface area contributed by atoms with E-state index in [0.29, 0.717) is 5.92 Å². The molecule has 1 saturated carbocycles. The molecule has 0 aliphatic heterocycles. The van der Waals surface area contributed by atoms with Crippen molar-refractivity contribution in [3.05, 3.63) is 10.0 Å². The Balaban J connectivity index is 1.98. The normalized spacial score (nSPS) is 16.6. The second-order valence-corrected chi connectivity index (χ2v) is 6.04. The summed E-state index contributed by atoms with van der Waals surface area (Å²) in [5.74, 6) is 0.657. The minimum Gasteiger partial charge on any atom is -0.347 e. The van der Waals surface area contributed by atoms with Crippen LogP contribution in [0.15, 0.2) is 0 Å². The topological polar surface area (TPSA) is 54.9 Å². The Labute approximate surface area is 112 Å². The number of rotatable bonds is 7. The average Bonchev–Trinajstić information content (AvgIpc) is 3.06. The number of hydrogen-bond donors (Lipinski definition) is 1. The fraction of sp³-hybridized carbons (Fsp3) is 0.769. The zero-order valence-corrected chi connectivity index (χ0v) is 11.9. The largest absolute Gasteiger partial charge is 0.347 e. The minimum atomic E-state index is 0.0136. The SMILES string of the molecule is CCCCCC(NC(C)=O)c1nnc(C2CC2)s1. The molecular weight excluding hydrogens is 246 g/mol. The lowest BCUT2D eigenvalue weighted by Crippen LogP contribution is -2.25. The van der Waals surface area contributed by atoms with Gasteiger partial charge in [0.25, 0.3) is 0 Å². The highest BCUT2D eigenvalue weighted by Gasteiger charge is 2.28. The van der Waals surface area contributed by atoms with Gasteiger partial charge in [-0.1, -0.05) is 37.5 Å². The number of carbonyl (C=O) groups is 1. The molecule has 1 atom stereocenters. The van der Waals surface area contributed by atoms with E-state index in [1.54, 1.807) is 18.3 Å². The van der Waals surface area contributed by atoms with Crippen molar-refractivity contribution in [3.63, 3.8) is 0 Å². The van der Waals surface area contributed by atoms with E-state index in [9.17, 15) is 4.79 Å². The smallest absolute Gasteiger partial charge is 0.217 e. The van der Waals surface area contributed by atoms with Crippen molar-refractivity contribution in [3.8, 4) is 0 Å². The number of hydrogen-bond acceptors (Lipinski definition) is 4. The van der Waals surface area contributed by atoms with Crippen molar-refractivity contribution in [1.82, 2.24) is 15.5 Å². The summed E-state index contributed by atoms with van der Waals surface area (Å²) in [6.07, 6.45) is 6.97. The Morgan fingerprint density at radius 3 is 2.83 bits per heavy atom. The molecule has 0 saturated heterocycles. The van der Waals surface area contributed by atoms with Crippen LogP contribution in [0, 0.1) is 0 Å². The van der Waals surface area contributed by atoms with Crippen LogP contribution in [-0.4, -0.2) is 16.1 Å². The Morgan fingerprint density at radius 1 is 1.44 bits per heavy atom. The van der Waals surface area contributed by atoms with Crippen LogP contribution in [0.3, 0.4) is 0 Å². The summed E-state index contributed by atoms with van der Waals surface area (Å²) in [5.41, 5.74) is 0. The average molecular weight is 267 g/mol. The lowest BCUT2D eigenvalue weighted by atomic mass is 10.1. The van der Waals surface area contributed by atoms with E-state index in [0.717, 1.165) is 22.9 Å². The molecule has 1 aliphatic carbocycles. The van der Waals surface area contributed by atoms with E-state index in [-0.39, 0.29) is 11.9 Å². The maximum absolute atomic E-state index is 11.3. The molecule has 1 aromatic rings. The van der Waals surface area contributed by atoms with Gasteiger partial charge in [-0.3, -0.25) is 4.79 Å². The van der Waals surface area contributed by atoms with Crippen molar-refractivity contribution in [1.29, 1.82) is 0 Å². The van der Waals surface area contributed by atoms with Crippen LogP contribution in [0.2, 0.25) is 0 Å². The molecule has 0 bridgehead atoms.